The van der Waals surface area contributed by atoms with Crippen molar-refractivity contribution in [1.29, 1.82) is 0 Å². The van der Waals surface area contributed by atoms with Crippen LogP contribution in [0, 0.1) is 13.8 Å². The molecule has 134 valence electrons. The van der Waals surface area contributed by atoms with Crippen LogP contribution < -0.4 is 5.69 Å². The number of benzene rings is 2. The van der Waals surface area contributed by atoms with E-state index in [0.717, 1.165) is 16.7 Å². The predicted octanol–water partition coefficient (Wildman–Crippen LogP) is 2.69. The van der Waals surface area contributed by atoms with Gasteiger partial charge in [-0.2, -0.15) is 9.36 Å². The zero-order valence-corrected chi connectivity index (χ0v) is 15.2. The highest BCUT2D eigenvalue weighted by Gasteiger charge is 2.12. The highest BCUT2D eigenvalue weighted by molar-refractivity contribution is 5.86. The van der Waals surface area contributed by atoms with Gasteiger partial charge in [-0.15, -0.1) is 0 Å². The Morgan fingerprint density at radius 2 is 1.92 bits per heavy atom. The number of nitrogens with zero attached hydrogens (tertiary/aromatic N) is 5. The Labute approximate surface area is 151 Å². The minimum absolute atomic E-state index is 0.183. The number of rotatable bonds is 5. The Bertz CT molecular complexity index is 1000. The van der Waals surface area contributed by atoms with Crippen LogP contribution in [0.4, 0.5) is 0 Å². The summed E-state index contributed by atoms with van der Waals surface area (Å²) in [5.74, 6) is 0. The molecule has 0 aliphatic rings. The van der Waals surface area contributed by atoms with Gasteiger partial charge in [0.1, 0.15) is 6.10 Å². The minimum atomic E-state index is -0.320. The summed E-state index contributed by atoms with van der Waals surface area (Å²) in [5, 5.41) is 11.8. The van der Waals surface area contributed by atoms with E-state index in [4.69, 9.17) is 4.84 Å². The van der Waals surface area contributed by atoms with E-state index in [1.807, 2.05) is 51.1 Å². The molecule has 0 bridgehead atoms. The SMILES string of the molecule is Cc1cccc(C(C)ON=Cc2c(C)cccc2-n2nnn(C)c2=O)c1. The number of hydrogen-bond acceptors (Lipinski definition) is 5. The smallest absolute Gasteiger partial charge is 0.368 e. The first-order valence-corrected chi connectivity index (χ1v) is 8.32. The summed E-state index contributed by atoms with van der Waals surface area (Å²) in [6.45, 7) is 5.92. The van der Waals surface area contributed by atoms with Crippen molar-refractivity contribution in [2.24, 2.45) is 12.2 Å². The fourth-order valence-electron chi connectivity index (χ4n) is 2.64. The number of aryl methyl sites for hydroxylation is 3. The van der Waals surface area contributed by atoms with E-state index in [9.17, 15) is 4.79 Å². The third-order valence-corrected chi connectivity index (χ3v) is 4.16. The standard InChI is InChI=1S/C19H21N5O2/c1-13-7-5-9-16(11-13)15(3)26-20-12-17-14(2)8-6-10-18(17)24-19(25)23(4)21-22-24/h5-12,15H,1-4H3. The molecule has 7 nitrogen and oxygen atoms in total. The lowest BCUT2D eigenvalue weighted by Gasteiger charge is -2.11. The Morgan fingerprint density at radius 1 is 1.15 bits per heavy atom. The van der Waals surface area contributed by atoms with E-state index in [2.05, 4.69) is 21.6 Å². The zero-order chi connectivity index (χ0) is 18.7. The Morgan fingerprint density at radius 3 is 2.62 bits per heavy atom. The molecule has 26 heavy (non-hydrogen) atoms. The van der Waals surface area contributed by atoms with Crippen LogP contribution in [0.25, 0.3) is 5.69 Å². The van der Waals surface area contributed by atoms with Gasteiger partial charge in [-0.1, -0.05) is 47.1 Å². The van der Waals surface area contributed by atoms with Gasteiger partial charge in [0.2, 0.25) is 0 Å². The van der Waals surface area contributed by atoms with E-state index in [1.165, 1.54) is 14.9 Å². The maximum absolute atomic E-state index is 12.2. The summed E-state index contributed by atoms with van der Waals surface area (Å²) in [4.78, 5) is 17.8. The molecule has 1 unspecified atom stereocenters. The first-order valence-electron chi connectivity index (χ1n) is 8.32. The molecule has 0 N–H and O–H groups in total. The van der Waals surface area contributed by atoms with Crippen LogP contribution in [-0.4, -0.2) is 26.0 Å². The molecule has 1 heterocycles. The van der Waals surface area contributed by atoms with Crippen molar-refractivity contribution >= 4 is 6.21 Å². The van der Waals surface area contributed by atoms with Crippen molar-refractivity contribution in [1.82, 2.24) is 19.8 Å². The van der Waals surface area contributed by atoms with Crippen LogP contribution in [0.2, 0.25) is 0 Å². The highest BCUT2D eigenvalue weighted by Crippen LogP contribution is 2.19. The molecular formula is C19H21N5O2. The summed E-state index contributed by atoms with van der Waals surface area (Å²) in [7, 11) is 1.56. The topological polar surface area (TPSA) is 74.3 Å². The number of oxime groups is 1. The van der Waals surface area contributed by atoms with Gasteiger partial charge in [0.05, 0.1) is 11.9 Å². The van der Waals surface area contributed by atoms with Crippen molar-refractivity contribution < 1.29 is 4.84 Å². The van der Waals surface area contributed by atoms with Crippen molar-refractivity contribution in [2.75, 3.05) is 0 Å². The van der Waals surface area contributed by atoms with Crippen LogP contribution in [0.3, 0.4) is 0 Å². The molecular weight excluding hydrogens is 330 g/mol. The van der Waals surface area contributed by atoms with E-state index >= 15 is 0 Å². The molecule has 0 aliphatic heterocycles. The Hall–Kier alpha value is -3.22. The molecule has 1 aromatic heterocycles. The molecule has 7 heteroatoms. The quantitative estimate of drug-likeness (QED) is 0.523. The first-order chi connectivity index (χ1) is 12.5. The van der Waals surface area contributed by atoms with E-state index < -0.39 is 0 Å². The van der Waals surface area contributed by atoms with Gasteiger partial charge in [0, 0.05) is 12.6 Å². The van der Waals surface area contributed by atoms with Crippen molar-refractivity contribution in [3.05, 3.63) is 75.2 Å². The van der Waals surface area contributed by atoms with Crippen molar-refractivity contribution in [3.8, 4) is 5.69 Å². The molecule has 2 aromatic carbocycles. The second kappa shape index (κ2) is 7.35. The lowest BCUT2D eigenvalue weighted by molar-refractivity contribution is 0.0736. The average Bonchev–Trinajstić information content (AvgIpc) is 2.95. The van der Waals surface area contributed by atoms with E-state index in [1.54, 1.807) is 19.3 Å². The van der Waals surface area contributed by atoms with Gasteiger partial charge >= 0.3 is 5.69 Å². The zero-order valence-electron chi connectivity index (χ0n) is 15.2. The fraction of sp³-hybridized carbons (Fsp3) is 0.263. The molecule has 0 amide bonds. The van der Waals surface area contributed by atoms with Gasteiger partial charge < -0.3 is 4.84 Å². The molecule has 3 aromatic rings. The van der Waals surface area contributed by atoms with Crippen molar-refractivity contribution in [2.45, 2.75) is 26.9 Å². The van der Waals surface area contributed by atoms with Gasteiger partial charge in [-0.25, -0.2) is 4.79 Å². The molecule has 3 rings (SSSR count). The summed E-state index contributed by atoms with van der Waals surface area (Å²) >= 11 is 0. The summed E-state index contributed by atoms with van der Waals surface area (Å²) in [6.07, 6.45) is 1.43. The third-order valence-electron chi connectivity index (χ3n) is 4.16. The van der Waals surface area contributed by atoms with Gasteiger partial charge in [0.25, 0.3) is 0 Å². The lowest BCUT2D eigenvalue weighted by atomic mass is 10.1. The molecule has 0 saturated carbocycles. The molecule has 0 spiro atoms. The summed E-state index contributed by atoms with van der Waals surface area (Å²) in [5.41, 5.74) is 4.22. The maximum atomic E-state index is 12.2. The van der Waals surface area contributed by atoms with E-state index in [0.29, 0.717) is 5.69 Å². The fourth-order valence-corrected chi connectivity index (χ4v) is 2.64. The van der Waals surface area contributed by atoms with Crippen LogP contribution in [0.5, 0.6) is 0 Å². The summed E-state index contributed by atoms with van der Waals surface area (Å²) in [6, 6.07) is 13.7. The van der Waals surface area contributed by atoms with E-state index in [-0.39, 0.29) is 11.8 Å². The van der Waals surface area contributed by atoms with Gasteiger partial charge in [-0.3, -0.25) is 0 Å². The maximum Gasteiger partial charge on any atom is 0.368 e. The second-order valence-electron chi connectivity index (χ2n) is 6.20. The lowest BCUT2D eigenvalue weighted by Crippen LogP contribution is -2.23. The number of tetrazole rings is 1. The van der Waals surface area contributed by atoms with Crippen LogP contribution >= 0.6 is 0 Å². The largest absolute Gasteiger partial charge is 0.388 e. The molecule has 1 atom stereocenters. The van der Waals surface area contributed by atoms with Crippen LogP contribution in [0.1, 0.15) is 35.3 Å². The van der Waals surface area contributed by atoms with Crippen LogP contribution in [-0.2, 0) is 11.9 Å². The Balaban J connectivity index is 1.87. The average molecular weight is 351 g/mol. The highest BCUT2D eigenvalue weighted by atomic mass is 16.6. The second-order valence-corrected chi connectivity index (χ2v) is 6.20. The normalized spacial score (nSPS) is 12.5. The summed E-state index contributed by atoms with van der Waals surface area (Å²) < 4.78 is 2.43. The molecule has 0 radical (unpaired) electrons. The van der Waals surface area contributed by atoms with Crippen molar-refractivity contribution in [3.63, 3.8) is 0 Å². The Kier molecular flexibility index (Phi) is 4.97. The van der Waals surface area contributed by atoms with Gasteiger partial charge in [-0.05, 0) is 48.4 Å². The minimum Gasteiger partial charge on any atom is -0.388 e. The number of hydrogen-bond donors (Lipinski definition) is 0. The molecule has 0 aliphatic carbocycles. The molecule has 0 fully saturated rings. The third kappa shape index (κ3) is 3.56. The van der Waals surface area contributed by atoms with Crippen LogP contribution in [0.15, 0.2) is 52.4 Å². The number of aromatic nitrogens is 4. The van der Waals surface area contributed by atoms with Gasteiger partial charge in [0.15, 0.2) is 0 Å². The monoisotopic (exact) mass is 351 g/mol. The first kappa shape index (κ1) is 17.6. The molecule has 0 saturated heterocycles. The predicted molar refractivity (Wildman–Crippen MR) is 99.6 cm³/mol.